The van der Waals surface area contributed by atoms with Crippen molar-refractivity contribution in [3.8, 4) is 0 Å². The van der Waals surface area contributed by atoms with E-state index in [1.807, 2.05) is 5.43 Å². The van der Waals surface area contributed by atoms with Crippen LogP contribution in [0.15, 0.2) is 23.3 Å². The molecule has 18 heavy (non-hydrogen) atoms. The number of hydrogen-bond acceptors (Lipinski definition) is 4. The maximum absolute atomic E-state index is 11.6. The van der Waals surface area contributed by atoms with Gasteiger partial charge < -0.3 is 10.2 Å². The second kappa shape index (κ2) is 6.09. The fourth-order valence-corrected chi connectivity index (χ4v) is 1.21. The maximum atomic E-state index is 11.6. The first-order valence-corrected chi connectivity index (χ1v) is 4.66. The van der Waals surface area contributed by atoms with Gasteiger partial charge in [0.15, 0.2) is 0 Å². The number of benzene rings is 1. The van der Waals surface area contributed by atoms with Crippen molar-refractivity contribution in [3.63, 3.8) is 0 Å². The smallest absolute Gasteiger partial charge is 0.423 e. The molecule has 0 saturated heterocycles. The zero-order valence-electron chi connectivity index (χ0n) is 8.99. The van der Waals surface area contributed by atoms with Gasteiger partial charge in [0.25, 0.3) is 5.91 Å². The molecule has 0 fully saturated rings. The fourth-order valence-electron chi connectivity index (χ4n) is 1.21. The van der Waals surface area contributed by atoms with E-state index in [0.717, 1.165) is 0 Å². The van der Waals surface area contributed by atoms with Crippen LogP contribution in [0.3, 0.4) is 0 Å². The summed E-state index contributed by atoms with van der Waals surface area (Å²) in [5.74, 6) is -0.767. The van der Waals surface area contributed by atoms with Crippen molar-refractivity contribution in [3.05, 3.63) is 39.8 Å². The summed E-state index contributed by atoms with van der Waals surface area (Å²) in [5.41, 5.74) is 12.3. The number of amides is 2. The van der Waals surface area contributed by atoms with Crippen molar-refractivity contribution < 1.29 is 19.8 Å². The number of carboxylic acid groups (broad SMARTS) is 1. The molecule has 0 aliphatic rings. The SMILES string of the molecule is [N-]=[N+]=Nc1ccc(CO)c(C(=O)NNC(=O)O)c1. The molecule has 9 nitrogen and oxygen atoms in total. The number of carbonyl (C=O) groups is 2. The summed E-state index contributed by atoms with van der Waals surface area (Å²) in [4.78, 5) is 24.4. The second-order valence-electron chi connectivity index (χ2n) is 3.07. The third-order valence-corrected chi connectivity index (χ3v) is 1.95. The normalized spacial score (nSPS) is 9.17. The van der Waals surface area contributed by atoms with Crippen LogP contribution in [0.25, 0.3) is 10.4 Å². The summed E-state index contributed by atoms with van der Waals surface area (Å²) < 4.78 is 0. The number of rotatable bonds is 3. The molecule has 0 atom stereocenters. The summed E-state index contributed by atoms with van der Waals surface area (Å²) in [5, 5.41) is 20.7. The van der Waals surface area contributed by atoms with Crippen LogP contribution in [-0.4, -0.2) is 22.2 Å². The van der Waals surface area contributed by atoms with Crippen molar-refractivity contribution in [1.82, 2.24) is 10.9 Å². The molecule has 1 aromatic rings. The molecule has 1 aromatic carbocycles. The highest BCUT2D eigenvalue weighted by atomic mass is 16.4. The zero-order valence-corrected chi connectivity index (χ0v) is 8.99. The van der Waals surface area contributed by atoms with E-state index in [9.17, 15) is 9.59 Å². The average Bonchev–Trinajstić information content (AvgIpc) is 2.36. The predicted molar refractivity (Wildman–Crippen MR) is 59.8 cm³/mol. The van der Waals surface area contributed by atoms with Gasteiger partial charge in [-0.1, -0.05) is 17.2 Å². The van der Waals surface area contributed by atoms with Crippen LogP contribution in [0.2, 0.25) is 0 Å². The molecule has 0 aliphatic heterocycles. The molecular weight excluding hydrogens is 242 g/mol. The van der Waals surface area contributed by atoms with E-state index in [2.05, 4.69) is 10.0 Å². The van der Waals surface area contributed by atoms with Crippen LogP contribution >= 0.6 is 0 Å². The van der Waals surface area contributed by atoms with E-state index in [0.29, 0.717) is 0 Å². The topological polar surface area (TPSA) is 147 Å². The Bertz CT molecular complexity index is 524. The van der Waals surface area contributed by atoms with E-state index in [1.54, 1.807) is 5.43 Å². The van der Waals surface area contributed by atoms with Gasteiger partial charge in [-0.05, 0) is 17.2 Å². The second-order valence-corrected chi connectivity index (χ2v) is 3.07. The van der Waals surface area contributed by atoms with E-state index in [-0.39, 0.29) is 16.8 Å². The number of nitrogens with one attached hydrogen (secondary N) is 2. The molecular formula is C9H9N5O4. The first-order chi connectivity index (χ1) is 8.58. The Morgan fingerprint density at radius 1 is 1.39 bits per heavy atom. The quantitative estimate of drug-likeness (QED) is 0.275. The van der Waals surface area contributed by atoms with Crippen molar-refractivity contribution in [2.75, 3.05) is 0 Å². The first-order valence-electron chi connectivity index (χ1n) is 4.66. The molecule has 1 rings (SSSR count). The molecule has 2 amide bonds. The van der Waals surface area contributed by atoms with Crippen molar-refractivity contribution in [2.45, 2.75) is 6.61 Å². The van der Waals surface area contributed by atoms with Gasteiger partial charge in [-0.2, -0.15) is 0 Å². The summed E-state index contributed by atoms with van der Waals surface area (Å²) in [6, 6.07) is 4.07. The van der Waals surface area contributed by atoms with Gasteiger partial charge in [0.2, 0.25) is 0 Å². The lowest BCUT2D eigenvalue weighted by Crippen LogP contribution is -2.41. The van der Waals surface area contributed by atoms with Gasteiger partial charge in [0.05, 0.1) is 6.61 Å². The number of carbonyl (C=O) groups excluding carboxylic acids is 1. The van der Waals surface area contributed by atoms with Gasteiger partial charge in [0.1, 0.15) is 0 Å². The molecule has 0 heterocycles. The lowest BCUT2D eigenvalue weighted by Gasteiger charge is -2.08. The molecule has 0 unspecified atom stereocenters. The number of aliphatic hydroxyl groups is 1. The molecule has 0 saturated carbocycles. The summed E-state index contributed by atoms with van der Waals surface area (Å²) in [6.07, 6.45) is -1.43. The molecule has 0 spiro atoms. The molecule has 0 radical (unpaired) electrons. The van der Waals surface area contributed by atoms with Crippen molar-refractivity contribution in [1.29, 1.82) is 0 Å². The Labute approximate surface area is 101 Å². The minimum atomic E-state index is -1.43. The van der Waals surface area contributed by atoms with E-state index in [1.165, 1.54) is 18.2 Å². The van der Waals surface area contributed by atoms with Crippen LogP contribution in [0, 0.1) is 0 Å². The molecule has 0 aromatic heterocycles. The average molecular weight is 251 g/mol. The van der Waals surface area contributed by atoms with Crippen molar-refractivity contribution >= 4 is 17.7 Å². The first kappa shape index (κ1) is 13.3. The number of hydrogen-bond donors (Lipinski definition) is 4. The standard InChI is InChI=1S/C9H9N5O4/c10-14-11-6-2-1-5(4-15)7(3-6)8(16)12-13-9(17)18/h1-3,13,15H,4H2,(H,12,16)(H,17,18). The van der Waals surface area contributed by atoms with Gasteiger partial charge >= 0.3 is 6.09 Å². The Balaban J connectivity index is 3.03. The van der Waals surface area contributed by atoms with Gasteiger partial charge in [-0.25, -0.2) is 10.2 Å². The van der Waals surface area contributed by atoms with Crippen LogP contribution in [-0.2, 0) is 6.61 Å². The minimum Gasteiger partial charge on any atom is -0.464 e. The number of nitrogens with zero attached hydrogens (tertiary/aromatic N) is 3. The molecule has 0 aliphatic carbocycles. The largest absolute Gasteiger partial charge is 0.464 e. The predicted octanol–water partition coefficient (Wildman–Crippen LogP) is 1.03. The summed E-state index contributed by atoms with van der Waals surface area (Å²) in [7, 11) is 0. The Morgan fingerprint density at radius 3 is 2.67 bits per heavy atom. The van der Waals surface area contributed by atoms with E-state index < -0.39 is 18.6 Å². The van der Waals surface area contributed by atoms with Crippen LogP contribution in [0.5, 0.6) is 0 Å². The van der Waals surface area contributed by atoms with Crippen LogP contribution in [0.4, 0.5) is 10.5 Å². The fraction of sp³-hybridized carbons (Fsp3) is 0.111. The van der Waals surface area contributed by atoms with Gasteiger partial charge in [-0.3, -0.25) is 10.2 Å². The Kier molecular flexibility index (Phi) is 4.50. The summed E-state index contributed by atoms with van der Waals surface area (Å²) in [6.45, 7) is -0.410. The lowest BCUT2D eigenvalue weighted by molar-refractivity contribution is 0.0923. The van der Waals surface area contributed by atoms with Crippen molar-refractivity contribution in [2.24, 2.45) is 5.11 Å². The minimum absolute atomic E-state index is 0.0103. The maximum Gasteiger partial charge on any atom is 0.423 e. The molecule has 94 valence electrons. The number of azide groups is 1. The Morgan fingerprint density at radius 2 is 2.11 bits per heavy atom. The molecule has 0 bridgehead atoms. The molecule has 4 N–H and O–H groups in total. The highest BCUT2D eigenvalue weighted by Gasteiger charge is 2.12. The number of hydrazine groups is 1. The highest BCUT2D eigenvalue weighted by Crippen LogP contribution is 2.18. The number of aliphatic hydroxyl groups excluding tert-OH is 1. The van der Waals surface area contributed by atoms with Crippen LogP contribution < -0.4 is 10.9 Å². The van der Waals surface area contributed by atoms with Gasteiger partial charge in [0, 0.05) is 16.2 Å². The highest BCUT2D eigenvalue weighted by molar-refractivity contribution is 5.97. The molecule has 9 heteroatoms. The Hall–Kier alpha value is -2.77. The third kappa shape index (κ3) is 3.37. The monoisotopic (exact) mass is 251 g/mol. The van der Waals surface area contributed by atoms with Crippen LogP contribution in [0.1, 0.15) is 15.9 Å². The third-order valence-electron chi connectivity index (χ3n) is 1.95. The van der Waals surface area contributed by atoms with E-state index >= 15 is 0 Å². The lowest BCUT2D eigenvalue weighted by atomic mass is 10.1. The van der Waals surface area contributed by atoms with Gasteiger partial charge in [-0.15, -0.1) is 0 Å². The van der Waals surface area contributed by atoms with E-state index in [4.69, 9.17) is 15.7 Å². The summed E-state index contributed by atoms with van der Waals surface area (Å²) >= 11 is 0. The zero-order chi connectivity index (χ0) is 13.5.